The van der Waals surface area contributed by atoms with Crippen LogP contribution < -0.4 is 0 Å². The average Bonchev–Trinajstić information content (AvgIpc) is 3.74. The number of hydrogen-bond acceptors (Lipinski definition) is 8. The third-order valence-electron chi connectivity index (χ3n) is 9.50. The molecular weight excluding hydrogens is 815 g/mol. The second kappa shape index (κ2) is 19.3. The molecule has 8 rings (SSSR count). The maximum atomic E-state index is 11.7. The van der Waals surface area contributed by atoms with Gasteiger partial charge in [0, 0.05) is 29.2 Å². The van der Waals surface area contributed by atoms with Crippen LogP contribution in [0.4, 0.5) is 11.4 Å². The van der Waals surface area contributed by atoms with Crippen molar-refractivity contribution in [3.63, 3.8) is 0 Å². The molecule has 2 aromatic heterocycles. The number of benzene rings is 6. The number of carboxylic acids is 2. The Kier molecular flexibility index (Phi) is 13.5. The molecule has 6 aromatic carbocycles. The van der Waals surface area contributed by atoms with Crippen molar-refractivity contribution in [2.75, 3.05) is 0 Å². The van der Waals surface area contributed by atoms with Gasteiger partial charge in [0.1, 0.15) is 0 Å². The minimum Gasteiger partial charge on any atom is -0.493 e. The number of carbonyl (C=O) groups is 2. The Balaban J connectivity index is 0.000000201. The SMILES string of the molecule is Cc1nn(-c2ccccc2)c(O)c1C=Nc1cc(-c2ccccc2)ccc1C(=O)O.Cc1nn(-c2ccccc2)c(O)c1C=Nc1cc(-c2ccccc2)ccc1C(=O)O.[Co]. The predicted molar refractivity (Wildman–Crippen MR) is 232 cm³/mol. The Bertz CT molecular complexity index is 2660. The monoisotopic (exact) mass is 853 g/mol. The van der Waals surface area contributed by atoms with Gasteiger partial charge in [0.05, 0.1) is 56.4 Å². The number of nitrogens with zero attached hydrogens (tertiary/aromatic N) is 6. The van der Waals surface area contributed by atoms with E-state index in [-0.39, 0.29) is 39.7 Å². The summed E-state index contributed by atoms with van der Waals surface area (Å²) in [4.78, 5) is 32.1. The summed E-state index contributed by atoms with van der Waals surface area (Å²) >= 11 is 0. The minimum atomic E-state index is -1.07. The first-order chi connectivity index (χ1) is 29.1. The van der Waals surface area contributed by atoms with Gasteiger partial charge in [-0.2, -0.15) is 10.2 Å². The van der Waals surface area contributed by atoms with Crippen LogP contribution in [0.25, 0.3) is 33.6 Å². The number of aromatic carboxylic acids is 2. The molecule has 0 spiro atoms. The molecule has 4 N–H and O–H groups in total. The van der Waals surface area contributed by atoms with Gasteiger partial charge in [-0.1, -0.05) is 109 Å². The summed E-state index contributed by atoms with van der Waals surface area (Å²) in [6.45, 7) is 3.53. The molecule has 0 atom stereocenters. The van der Waals surface area contributed by atoms with E-state index in [4.69, 9.17) is 0 Å². The fraction of sp³-hybridized carbons (Fsp3) is 0.0417. The summed E-state index contributed by atoms with van der Waals surface area (Å²) in [5.41, 5.74) is 7.85. The molecule has 305 valence electrons. The van der Waals surface area contributed by atoms with Crippen LogP contribution in [-0.2, 0) is 16.8 Å². The van der Waals surface area contributed by atoms with E-state index < -0.39 is 11.9 Å². The van der Waals surface area contributed by atoms with Gasteiger partial charge in [0.15, 0.2) is 0 Å². The van der Waals surface area contributed by atoms with Crippen LogP contribution in [0.2, 0.25) is 0 Å². The standard InChI is InChI=1S/2C24H19N3O3.Co/c2*1-16-21(23(28)27(26-16)19-10-6-3-7-11-19)15-25-22-14-18(12-13-20(22)24(29)30)17-8-4-2-5-9-17;/h2*2-15,28H,1H3,(H,29,30);. The van der Waals surface area contributed by atoms with Crippen molar-refractivity contribution in [3.8, 4) is 45.4 Å². The van der Waals surface area contributed by atoms with E-state index in [2.05, 4.69) is 20.2 Å². The second-order valence-electron chi connectivity index (χ2n) is 13.5. The van der Waals surface area contributed by atoms with E-state index in [0.29, 0.717) is 33.9 Å². The van der Waals surface area contributed by atoms with Crippen LogP contribution in [0.5, 0.6) is 11.8 Å². The van der Waals surface area contributed by atoms with Gasteiger partial charge in [-0.15, -0.1) is 0 Å². The van der Waals surface area contributed by atoms with Crippen molar-refractivity contribution in [1.82, 2.24) is 19.6 Å². The summed E-state index contributed by atoms with van der Waals surface area (Å²) < 4.78 is 2.85. The Labute approximate surface area is 361 Å². The number of aromatic nitrogens is 4. The molecule has 0 bridgehead atoms. The Morgan fingerprint density at radius 2 is 0.820 bits per heavy atom. The number of hydrogen-bond donors (Lipinski definition) is 4. The first-order valence-electron chi connectivity index (χ1n) is 18.7. The zero-order chi connectivity index (χ0) is 42.2. The van der Waals surface area contributed by atoms with Gasteiger partial charge in [-0.05, 0) is 84.6 Å². The first-order valence-corrected chi connectivity index (χ1v) is 18.7. The summed E-state index contributed by atoms with van der Waals surface area (Å²) in [6, 6.07) is 47.9. The van der Waals surface area contributed by atoms with Gasteiger partial charge in [-0.25, -0.2) is 19.0 Å². The van der Waals surface area contributed by atoms with Gasteiger partial charge in [0.2, 0.25) is 11.8 Å². The molecule has 0 aliphatic heterocycles. The zero-order valence-electron chi connectivity index (χ0n) is 32.8. The van der Waals surface area contributed by atoms with E-state index in [9.17, 15) is 30.0 Å². The maximum Gasteiger partial charge on any atom is 0.337 e. The quantitative estimate of drug-likeness (QED) is 0.0983. The van der Waals surface area contributed by atoms with Crippen molar-refractivity contribution in [2.24, 2.45) is 9.98 Å². The second-order valence-corrected chi connectivity index (χ2v) is 13.5. The topological polar surface area (TPSA) is 175 Å². The van der Waals surface area contributed by atoms with Crippen molar-refractivity contribution in [1.29, 1.82) is 0 Å². The number of aryl methyl sites for hydroxylation is 2. The minimum absolute atomic E-state index is 0. The molecule has 0 aliphatic rings. The Hall–Kier alpha value is -7.87. The number of aromatic hydroxyl groups is 2. The number of para-hydroxylation sites is 2. The van der Waals surface area contributed by atoms with Crippen molar-refractivity contribution < 1.29 is 46.8 Å². The van der Waals surface area contributed by atoms with Gasteiger partial charge in [-0.3, -0.25) is 9.98 Å². The molecule has 0 saturated heterocycles. The third kappa shape index (κ3) is 9.71. The van der Waals surface area contributed by atoms with Crippen LogP contribution >= 0.6 is 0 Å². The fourth-order valence-electron chi connectivity index (χ4n) is 6.38. The van der Waals surface area contributed by atoms with Crippen molar-refractivity contribution in [2.45, 2.75) is 13.8 Å². The van der Waals surface area contributed by atoms with Gasteiger partial charge in [0.25, 0.3) is 0 Å². The molecule has 0 fully saturated rings. The molecular formula is C48H38CoN6O6. The number of carboxylic acid groups (broad SMARTS) is 2. The molecule has 61 heavy (non-hydrogen) atoms. The number of aliphatic imine (C=N–C) groups is 2. The summed E-state index contributed by atoms with van der Waals surface area (Å²) in [5, 5.41) is 49.1. The molecule has 0 saturated carbocycles. The molecule has 8 aromatic rings. The molecule has 13 heteroatoms. The molecule has 2 heterocycles. The van der Waals surface area contributed by atoms with E-state index in [1.807, 2.05) is 121 Å². The van der Waals surface area contributed by atoms with Gasteiger partial charge < -0.3 is 20.4 Å². The van der Waals surface area contributed by atoms with Crippen LogP contribution in [0.3, 0.4) is 0 Å². The van der Waals surface area contributed by atoms with E-state index in [0.717, 1.165) is 33.6 Å². The summed E-state index contributed by atoms with van der Waals surface area (Å²) in [5.74, 6) is -2.25. The predicted octanol–water partition coefficient (Wildman–Crippen LogP) is 10.0. The summed E-state index contributed by atoms with van der Waals surface area (Å²) in [6.07, 6.45) is 2.90. The molecule has 0 aliphatic carbocycles. The normalized spacial score (nSPS) is 10.9. The molecule has 12 nitrogen and oxygen atoms in total. The summed E-state index contributed by atoms with van der Waals surface area (Å²) in [7, 11) is 0. The van der Waals surface area contributed by atoms with E-state index >= 15 is 0 Å². The molecule has 0 amide bonds. The smallest absolute Gasteiger partial charge is 0.337 e. The molecule has 0 unspecified atom stereocenters. The van der Waals surface area contributed by atoms with Crippen LogP contribution in [-0.4, -0.2) is 64.4 Å². The van der Waals surface area contributed by atoms with Crippen molar-refractivity contribution >= 4 is 35.7 Å². The van der Waals surface area contributed by atoms with Gasteiger partial charge >= 0.3 is 11.9 Å². The molecule has 1 radical (unpaired) electrons. The van der Waals surface area contributed by atoms with Crippen LogP contribution in [0.1, 0.15) is 43.2 Å². The van der Waals surface area contributed by atoms with E-state index in [1.54, 1.807) is 38.1 Å². The van der Waals surface area contributed by atoms with Crippen LogP contribution in [0, 0.1) is 13.8 Å². The average molecular weight is 854 g/mol. The number of rotatable bonds is 10. The van der Waals surface area contributed by atoms with Crippen molar-refractivity contribution in [3.05, 3.63) is 191 Å². The van der Waals surface area contributed by atoms with Crippen LogP contribution in [0.15, 0.2) is 168 Å². The Morgan fingerprint density at radius 3 is 1.15 bits per heavy atom. The maximum absolute atomic E-state index is 11.7. The largest absolute Gasteiger partial charge is 0.493 e. The Morgan fingerprint density at radius 1 is 0.492 bits per heavy atom. The van der Waals surface area contributed by atoms with E-state index in [1.165, 1.54) is 33.9 Å². The third-order valence-corrected chi connectivity index (χ3v) is 9.50. The fourth-order valence-corrected chi connectivity index (χ4v) is 6.38. The zero-order valence-corrected chi connectivity index (χ0v) is 33.8. The first kappa shape index (κ1) is 42.7.